The summed E-state index contributed by atoms with van der Waals surface area (Å²) in [7, 11) is 1.58. The van der Waals surface area contributed by atoms with Crippen molar-refractivity contribution in [2.24, 2.45) is 5.92 Å². The number of carbonyl (C=O) groups excluding carboxylic acids is 2. The lowest BCUT2D eigenvalue weighted by atomic mass is 9.84. The van der Waals surface area contributed by atoms with E-state index in [1.54, 1.807) is 25.3 Å². The Hall–Kier alpha value is -4.02. The molecule has 3 aromatic rings. The monoisotopic (exact) mass is 557 g/mol. The van der Waals surface area contributed by atoms with Gasteiger partial charge in [-0.2, -0.15) is 18.3 Å². The molecule has 0 aliphatic heterocycles. The Labute approximate surface area is 231 Å². The van der Waals surface area contributed by atoms with Gasteiger partial charge in [0.15, 0.2) is 5.69 Å². The summed E-state index contributed by atoms with van der Waals surface area (Å²) in [5.41, 5.74) is -0.789. The standard InChI is InChI=1S/C29H34F3N5O3/c1-40-23-14-12-21(13-15-23)33-16-17-34-28(39)25(18-20-8-4-2-5-9-20)36-27(38)24-19-35-37(26(24)29(30,31)32)22-10-6-3-7-11-22/h3,6-7,10-15,19-20,25,33H,2,4-5,8-9,16-18H2,1H3,(H,34,39)(H,36,38)/t25-/m0/s1. The normalized spacial score (nSPS) is 14.8. The molecule has 3 N–H and O–H groups in total. The summed E-state index contributed by atoms with van der Waals surface area (Å²) in [6.45, 7) is 0.686. The number of methoxy groups -OCH3 is 1. The molecule has 2 amide bonds. The van der Waals surface area contributed by atoms with Crippen LogP contribution in [0, 0.1) is 5.92 Å². The predicted molar refractivity (Wildman–Crippen MR) is 146 cm³/mol. The summed E-state index contributed by atoms with van der Waals surface area (Å²) in [4.78, 5) is 26.4. The number of aromatic nitrogens is 2. The molecule has 1 aliphatic rings. The molecule has 1 aromatic heterocycles. The van der Waals surface area contributed by atoms with Crippen LogP contribution in [-0.4, -0.2) is 47.8 Å². The third kappa shape index (κ3) is 7.55. The van der Waals surface area contributed by atoms with Gasteiger partial charge in [0.2, 0.25) is 5.91 Å². The molecule has 0 unspecified atom stereocenters. The molecule has 1 fully saturated rings. The second-order valence-corrected chi connectivity index (χ2v) is 9.86. The summed E-state index contributed by atoms with van der Waals surface area (Å²) in [5.74, 6) is -0.485. The lowest BCUT2D eigenvalue weighted by Gasteiger charge is -2.27. The number of rotatable bonds is 11. The summed E-state index contributed by atoms with van der Waals surface area (Å²) in [5, 5.41) is 12.5. The zero-order valence-electron chi connectivity index (χ0n) is 22.3. The number of anilines is 1. The number of ether oxygens (including phenoxy) is 1. The molecule has 1 saturated carbocycles. The SMILES string of the molecule is COc1ccc(NCCNC(=O)[C@H](CC2CCCCC2)NC(=O)c2cnn(-c3ccccc3)c2C(F)(F)F)cc1. The molecule has 0 saturated heterocycles. The van der Waals surface area contributed by atoms with Gasteiger partial charge < -0.3 is 20.7 Å². The largest absolute Gasteiger partial charge is 0.497 e. The number of alkyl halides is 3. The maximum absolute atomic E-state index is 14.1. The minimum absolute atomic E-state index is 0.176. The van der Waals surface area contributed by atoms with Crippen LogP contribution < -0.4 is 20.7 Å². The number of hydrogen-bond acceptors (Lipinski definition) is 5. The minimum atomic E-state index is -4.84. The third-order valence-electron chi connectivity index (χ3n) is 7.04. The van der Waals surface area contributed by atoms with E-state index in [2.05, 4.69) is 21.0 Å². The van der Waals surface area contributed by atoms with Crippen LogP contribution in [0.1, 0.15) is 54.6 Å². The molecule has 8 nitrogen and oxygen atoms in total. The molecule has 0 radical (unpaired) electrons. The van der Waals surface area contributed by atoms with Crippen molar-refractivity contribution in [1.82, 2.24) is 20.4 Å². The zero-order chi connectivity index (χ0) is 28.5. The fourth-order valence-electron chi connectivity index (χ4n) is 5.00. The van der Waals surface area contributed by atoms with Gasteiger partial charge in [0.05, 0.1) is 24.6 Å². The van der Waals surface area contributed by atoms with Crippen molar-refractivity contribution in [3.05, 3.63) is 72.1 Å². The van der Waals surface area contributed by atoms with Crippen LogP contribution in [0.15, 0.2) is 60.8 Å². The number of hydrogen-bond donors (Lipinski definition) is 3. The highest BCUT2D eigenvalue weighted by Crippen LogP contribution is 2.34. The number of benzene rings is 2. The van der Waals surface area contributed by atoms with Crippen molar-refractivity contribution in [2.75, 3.05) is 25.5 Å². The highest BCUT2D eigenvalue weighted by molar-refractivity contribution is 5.98. The molecule has 11 heteroatoms. The van der Waals surface area contributed by atoms with Crippen molar-refractivity contribution in [3.63, 3.8) is 0 Å². The fourth-order valence-corrected chi connectivity index (χ4v) is 5.00. The third-order valence-corrected chi connectivity index (χ3v) is 7.04. The average Bonchev–Trinajstić information content (AvgIpc) is 3.43. The van der Waals surface area contributed by atoms with Crippen LogP contribution in [0.5, 0.6) is 5.75 Å². The van der Waals surface area contributed by atoms with Gasteiger partial charge in [-0.3, -0.25) is 9.59 Å². The Bertz CT molecular complexity index is 1260. The first-order valence-electron chi connectivity index (χ1n) is 13.4. The Morgan fingerprint density at radius 2 is 1.73 bits per heavy atom. The van der Waals surface area contributed by atoms with E-state index in [0.29, 0.717) is 17.6 Å². The first kappa shape index (κ1) is 29.0. The molecule has 40 heavy (non-hydrogen) atoms. The lowest BCUT2D eigenvalue weighted by Crippen LogP contribution is -2.49. The maximum atomic E-state index is 14.1. The van der Waals surface area contributed by atoms with E-state index >= 15 is 0 Å². The molecule has 1 heterocycles. The number of amides is 2. The summed E-state index contributed by atoms with van der Waals surface area (Å²) >= 11 is 0. The second kappa shape index (κ2) is 13.4. The van der Waals surface area contributed by atoms with Gasteiger partial charge in [-0.15, -0.1) is 0 Å². The van der Waals surface area contributed by atoms with Crippen molar-refractivity contribution >= 4 is 17.5 Å². The first-order valence-corrected chi connectivity index (χ1v) is 13.4. The van der Waals surface area contributed by atoms with E-state index in [-0.39, 0.29) is 18.2 Å². The highest BCUT2D eigenvalue weighted by Gasteiger charge is 2.41. The summed E-state index contributed by atoms with van der Waals surface area (Å²) in [6, 6.07) is 14.1. The maximum Gasteiger partial charge on any atom is 0.434 e. The van der Waals surface area contributed by atoms with Crippen LogP contribution in [0.25, 0.3) is 5.69 Å². The van der Waals surface area contributed by atoms with Gasteiger partial charge >= 0.3 is 6.18 Å². The molecule has 0 spiro atoms. The minimum Gasteiger partial charge on any atom is -0.497 e. The second-order valence-electron chi connectivity index (χ2n) is 9.86. The molecule has 214 valence electrons. The van der Waals surface area contributed by atoms with E-state index in [1.807, 2.05) is 24.3 Å². The summed E-state index contributed by atoms with van der Waals surface area (Å²) in [6.07, 6.45) is 1.42. The van der Waals surface area contributed by atoms with E-state index in [4.69, 9.17) is 4.74 Å². The van der Waals surface area contributed by atoms with Crippen LogP contribution in [0.4, 0.5) is 18.9 Å². The van der Waals surface area contributed by atoms with Gasteiger partial charge in [-0.25, -0.2) is 4.68 Å². The average molecular weight is 558 g/mol. The molecular formula is C29H34F3N5O3. The Balaban J connectivity index is 1.45. The predicted octanol–water partition coefficient (Wildman–Crippen LogP) is 5.20. The van der Waals surface area contributed by atoms with Crippen molar-refractivity contribution in [3.8, 4) is 11.4 Å². The van der Waals surface area contributed by atoms with Crippen molar-refractivity contribution < 1.29 is 27.5 Å². The topological polar surface area (TPSA) is 97.3 Å². The Morgan fingerprint density at radius 3 is 2.38 bits per heavy atom. The number of nitrogens with one attached hydrogen (secondary N) is 3. The van der Waals surface area contributed by atoms with Crippen LogP contribution in [0.2, 0.25) is 0 Å². The van der Waals surface area contributed by atoms with Gasteiger partial charge in [-0.1, -0.05) is 50.3 Å². The van der Waals surface area contributed by atoms with Crippen molar-refractivity contribution in [1.29, 1.82) is 0 Å². The van der Waals surface area contributed by atoms with Crippen LogP contribution in [-0.2, 0) is 11.0 Å². The van der Waals surface area contributed by atoms with Gasteiger partial charge in [0.1, 0.15) is 11.8 Å². The van der Waals surface area contributed by atoms with E-state index < -0.39 is 35.3 Å². The summed E-state index contributed by atoms with van der Waals surface area (Å²) < 4.78 is 48.2. The smallest absolute Gasteiger partial charge is 0.434 e. The van der Waals surface area contributed by atoms with Crippen LogP contribution >= 0.6 is 0 Å². The van der Waals surface area contributed by atoms with Crippen molar-refractivity contribution in [2.45, 2.75) is 50.7 Å². The number of para-hydroxylation sites is 1. The lowest BCUT2D eigenvalue weighted by molar-refractivity contribution is -0.143. The Morgan fingerprint density at radius 1 is 1.02 bits per heavy atom. The van der Waals surface area contributed by atoms with Gasteiger partial charge in [0.25, 0.3) is 5.91 Å². The number of nitrogens with zero attached hydrogens (tertiary/aromatic N) is 2. The quantitative estimate of drug-likeness (QED) is 0.282. The van der Waals surface area contributed by atoms with Gasteiger partial charge in [-0.05, 0) is 48.7 Å². The van der Waals surface area contributed by atoms with Gasteiger partial charge in [0, 0.05) is 18.8 Å². The molecule has 0 bridgehead atoms. The number of halogens is 3. The van der Waals surface area contributed by atoms with E-state index in [1.165, 1.54) is 12.1 Å². The Kier molecular flexibility index (Phi) is 9.68. The molecule has 4 rings (SSSR count). The number of carbonyl (C=O) groups is 2. The highest BCUT2D eigenvalue weighted by atomic mass is 19.4. The molecule has 1 atom stereocenters. The first-order chi connectivity index (χ1) is 19.3. The van der Waals surface area contributed by atoms with E-state index in [9.17, 15) is 22.8 Å². The fraction of sp³-hybridized carbons (Fsp3) is 0.414. The van der Waals surface area contributed by atoms with Crippen LogP contribution in [0.3, 0.4) is 0 Å². The molecule has 1 aliphatic carbocycles. The molecular weight excluding hydrogens is 523 g/mol. The van der Waals surface area contributed by atoms with E-state index in [0.717, 1.165) is 49.7 Å². The molecule has 2 aromatic carbocycles. The zero-order valence-corrected chi connectivity index (χ0v) is 22.3.